The molecule has 2 nitrogen and oxygen atoms in total. The molecule has 3 heteroatoms. The van der Waals surface area contributed by atoms with Crippen LogP contribution in [0.4, 0.5) is 4.39 Å². The van der Waals surface area contributed by atoms with Crippen LogP contribution in [0.5, 0.6) is 0 Å². The van der Waals surface area contributed by atoms with Crippen LogP contribution in [0.3, 0.4) is 0 Å². The first-order chi connectivity index (χ1) is 7.18. The number of ketones is 2. The predicted molar refractivity (Wildman–Crippen MR) is 53.1 cm³/mol. The Morgan fingerprint density at radius 1 is 1.27 bits per heavy atom. The minimum atomic E-state index is -0.550. The highest BCUT2D eigenvalue weighted by Gasteiger charge is 2.31. The zero-order chi connectivity index (χ0) is 10.8. The van der Waals surface area contributed by atoms with Crippen LogP contribution < -0.4 is 0 Å². The summed E-state index contributed by atoms with van der Waals surface area (Å²) in [5.74, 6) is -0.958. The predicted octanol–water partition coefficient (Wildman–Crippen LogP) is 2.38. The lowest BCUT2D eigenvalue weighted by atomic mass is 10.0. The molecule has 1 aliphatic rings. The summed E-state index contributed by atoms with van der Waals surface area (Å²) in [5, 5.41) is 0. The van der Waals surface area contributed by atoms with Crippen LogP contribution in [0, 0.1) is 11.7 Å². The van der Waals surface area contributed by atoms with E-state index >= 15 is 0 Å². The van der Waals surface area contributed by atoms with Gasteiger partial charge in [0.15, 0.2) is 5.78 Å². The molecule has 0 spiro atoms. The molecule has 0 amide bonds. The van der Waals surface area contributed by atoms with E-state index in [1.54, 1.807) is 6.07 Å². The largest absolute Gasteiger partial charge is 0.299 e. The molecule has 0 heterocycles. The van der Waals surface area contributed by atoms with Gasteiger partial charge in [-0.3, -0.25) is 9.59 Å². The molecule has 1 aromatic carbocycles. The lowest BCUT2D eigenvalue weighted by molar-refractivity contribution is -0.119. The Morgan fingerprint density at radius 2 is 1.93 bits per heavy atom. The Labute approximate surface area is 87.1 Å². The third-order valence-corrected chi connectivity index (χ3v) is 2.54. The molecule has 0 aliphatic heterocycles. The van der Waals surface area contributed by atoms with Crippen LogP contribution in [0.1, 0.15) is 29.6 Å². The van der Waals surface area contributed by atoms with Crippen molar-refractivity contribution in [3.8, 4) is 0 Å². The Morgan fingerprint density at radius 3 is 2.53 bits per heavy atom. The second kappa shape index (κ2) is 3.93. The number of rotatable bonds is 4. The topological polar surface area (TPSA) is 34.1 Å². The Hall–Kier alpha value is -1.51. The molecule has 0 aromatic heterocycles. The first-order valence-corrected chi connectivity index (χ1v) is 4.99. The number of hydrogen-bond donors (Lipinski definition) is 0. The van der Waals surface area contributed by atoms with E-state index < -0.39 is 11.6 Å². The normalized spacial score (nSPS) is 15.0. The molecular weight excluding hydrogens is 195 g/mol. The molecule has 0 bridgehead atoms. The maximum absolute atomic E-state index is 13.2. The fourth-order valence-electron chi connectivity index (χ4n) is 1.49. The number of carbonyl (C=O) groups excluding carboxylic acids is 2. The van der Waals surface area contributed by atoms with Gasteiger partial charge in [0.05, 0.1) is 12.0 Å². The molecule has 0 atom stereocenters. The minimum Gasteiger partial charge on any atom is -0.299 e. The molecule has 0 radical (unpaired) electrons. The van der Waals surface area contributed by atoms with Gasteiger partial charge in [-0.1, -0.05) is 12.1 Å². The van der Waals surface area contributed by atoms with Crippen LogP contribution in [-0.4, -0.2) is 11.6 Å². The number of carbonyl (C=O) groups is 2. The van der Waals surface area contributed by atoms with Crippen LogP contribution in [-0.2, 0) is 4.79 Å². The van der Waals surface area contributed by atoms with E-state index in [2.05, 4.69) is 0 Å². The average Bonchev–Trinajstić information content (AvgIpc) is 3.01. The molecule has 1 saturated carbocycles. The van der Waals surface area contributed by atoms with Gasteiger partial charge in [-0.15, -0.1) is 0 Å². The molecule has 1 fully saturated rings. The van der Waals surface area contributed by atoms with E-state index in [1.807, 2.05) is 0 Å². The van der Waals surface area contributed by atoms with Gasteiger partial charge < -0.3 is 0 Å². The van der Waals surface area contributed by atoms with Crippen molar-refractivity contribution in [3.05, 3.63) is 35.6 Å². The van der Waals surface area contributed by atoms with E-state index in [-0.39, 0.29) is 23.7 Å². The van der Waals surface area contributed by atoms with Crippen molar-refractivity contribution in [3.63, 3.8) is 0 Å². The second-order valence-electron chi connectivity index (χ2n) is 3.82. The molecule has 15 heavy (non-hydrogen) atoms. The lowest BCUT2D eigenvalue weighted by Crippen LogP contribution is -2.10. The summed E-state index contributed by atoms with van der Waals surface area (Å²) in [4.78, 5) is 22.9. The summed E-state index contributed by atoms with van der Waals surface area (Å²) >= 11 is 0. The van der Waals surface area contributed by atoms with Crippen LogP contribution in [0.15, 0.2) is 24.3 Å². The van der Waals surface area contributed by atoms with Crippen molar-refractivity contribution in [1.82, 2.24) is 0 Å². The summed E-state index contributed by atoms with van der Waals surface area (Å²) in [7, 11) is 0. The van der Waals surface area contributed by atoms with Crippen molar-refractivity contribution in [1.29, 1.82) is 0 Å². The van der Waals surface area contributed by atoms with Gasteiger partial charge in [-0.2, -0.15) is 0 Å². The smallest absolute Gasteiger partial charge is 0.173 e. The third-order valence-electron chi connectivity index (χ3n) is 2.54. The van der Waals surface area contributed by atoms with Crippen molar-refractivity contribution >= 4 is 11.6 Å². The van der Waals surface area contributed by atoms with Crippen molar-refractivity contribution < 1.29 is 14.0 Å². The quantitative estimate of drug-likeness (QED) is 0.560. The van der Waals surface area contributed by atoms with Gasteiger partial charge in [0, 0.05) is 5.92 Å². The van der Waals surface area contributed by atoms with Gasteiger partial charge in [0.25, 0.3) is 0 Å². The van der Waals surface area contributed by atoms with Crippen molar-refractivity contribution in [2.75, 3.05) is 0 Å². The Bertz CT molecular complexity index is 408. The van der Waals surface area contributed by atoms with Crippen LogP contribution >= 0.6 is 0 Å². The third kappa shape index (κ3) is 2.29. The van der Waals surface area contributed by atoms with Gasteiger partial charge in [-0.05, 0) is 25.0 Å². The Balaban J connectivity index is 2.07. The zero-order valence-corrected chi connectivity index (χ0v) is 8.20. The molecule has 78 valence electrons. The number of hydrogen-bond acceptors (Lipinski definition) is 2. The molecule has 0 saturated heterocycles. The summed E-state index contributed by atoms with van der Waals surface area (Å²) in [5.41, 5.74) is 0.0199. The molecular formula is C12H11FO2. The van der Waals surface area contributed by atoms with Gasteiger partial charge in [0.1, 0.15) is 11.6 Å². The van der Waals surface area contributed by atoms with Gasteiger partial charge in [-0.25, -0.2) is 4.39 Å². The lowest BCUT2D eigenvalue weighted by Gasteiger charge is -2.00. The second-order valence-corrected chi connectivity index (χ2v) is 3.82. The van der Waals surface area contributed by atoms with E-state index in [0.717, 1.165) is 12.8 Å². The summed E-state index contributed by atoms with van der Waals surface area (Å²) in [6, 6.07) is 5.76. The van der Waals surface area contributed by atoms with Gasteiger partial charge in [0.2, 0.25) is 0 Å². The zero-order valence-electron chi connectivity index (χ0n) is 8.20. The molecule has 1 aliphatic carbocycles. The molecule has 1 aromatic rings. The average molecular weight is 206 g/mol. The molecule has 0 N–H and O–H groups in total. The van der Waals surface area contributed by atoms with E-state index in [0.29, 0.717) is 0 Å². The first-order valence-electron chi connectivity index (χ1n) is 4.99. The SMILES string of the molecule is O=C(CC(=O)C1CC1)c1ccccc1F. The van der Waals surface area contributed by atoms with Gasteiger partial charge >= 0.3 is 0 Å². The molecule has 0 unspecified atom stereocenters. The standard InChI is InChI=1S/C12H11FO2/c13-10-4-2-1-3-9(10)12(15)7-11(14)8-5-6-8/h1-4,8H,5-7H2. The number of benzene rings is 1. The highest BCUT2D eigenvalue weighted by Crippen LogP contribution is 2.31. The minimum absolute atomic E-state index is 0.0199. The van der Waals surface area contributed by atoms with E-state index in [1.165, 1.54) is 18.2 Å². The van der Waals surface area contributed by atoms with Crippen molar-refractivity contribution in [2.45, 2.75) is 19.3 Å². The maximum Gasteiger partial charge on any atom is 0.173 e. The fourth-order valence-corrected chi connectivity index (χ4v) is 1.49. The summed E-state index contributed by atoms with van der Waals surface area (Å²) < 4.78 is 13.2. The first kappa shape index (κ1) is 10.0. The number of Topliss-reactive ketones (excluding diaryl/α,β-unsaturated/α-hetero) is 2. The monoisotopic (exact) mass is 206 g/mol. The number of halogens is 1. The summed E-state index contributed by atoms with van der Waals surface area (Å²) in [6.07, 6.45) is 1.60. The highest BCUT2D eigenvalue weighted by atomic mass is 19.1. The van der Waals surface area contributed by atoms with Crippen LogP contribution in [0.2, 0.25) is 0 Å². The highest BCUT2D eigenvalue weighted by molar-refractivity contribution is 6.09. The fraction of sp³-hybridized carbons (Fsp3) is 0.333. The van der Waals surface area contributed by atoms with E-state index in [9.17, 15) is 14.0 Å². The van der Waals surface area contributed by atoms with Crippen LogP contribution in [0.25, 0.3) is 0 Å². The maximum atomic E-state index is 13.2. The van der Waals surface area contributed by atoms with Crippen molar-refractivity contribution in [2.24, 2.45) is 5.92 Å². The Kier molecular flexibility index (Phi) is 2.62. The summed E-state index contributed by atoms with van der Waals surface area (Å²) in [6.45, 7) is 0. The molecule has 2 rings (SSSR count). The van der Waals surface area contributed by atoms with E-state index in [4.69, 9.17) is 0 Å².